The van der Waals surface area contributed by atoms with E-state index in [0.29, 0.717) is 65.1 Å². The Bertz CT molecular complexity index is 1770. The first-order valence-electron chi connectivity index (χ1n) is 14.1. The van der Waals surface area contributed by atoms with Gasteiger partial charge in [0.2, 0.25) is 5.91 Å². The van der Waals surface area contributed by atoms with E-state index in [1.165, 1.54) is 12.1 Å². The number of likely N-dealkylation sites (N-methyl/N-ethyl adjacent to an activating group) is 1. The average molecular weight is 604 g/mol. The van der Waals surface area contributed by atoms with E-state index in [0.717, 1.165) is 19.4 Å². The molecule has 2 aromatic carbocycles. The molecule has 0 aliphatic carbocycles. The van der Waals surface area contributed by atoms with Gasteiger partial charge in [0.1, 0.15) is 23.8 Å². The number of piperazine rings is 1. The number of anilines is 2. The van der Waals surface area contributed by atoms with E-state index in [4.69, 9.17) is 36.5 Å². The summed E-state index contributed by atoms with van der Waals surface area (Å²) in [5.74, 6) is -0.289. The van der Waals surface area contributed by atoms with Gasteiger partial charge in [-0.1, -0.05) is 18.2 Å². The van der Waals surface area contributed by atoms with Crippen LogP contribution >= 0.6 is 11.6 Å². The highest BCUT2D eigenvalue weighted by molar-refractivity contribution is 6.34. The molecule has 12 heteroatoms. The molecule has 43 heavy (non-hydrogen) atoms. The summed E-state index contributed by atoms with van der Waals surface area (Å²) in [6.07, 6.45) is 5.08. The second-order valence-electron chi connectivity index (χ2n) is 11.0. The van der Waals surface area contributed by atoms with Crippen molar-refractivity contribution < 1.29 is 18.3 Å². The van der Waals surface area contributed by atoms with Gasteiger partial charge in [-0.3, -0.25) is 4.79 Å². The van der Waals surface area contributed by atoms with Gasteiger partial charge in [-0.15, -0.1) is 0 Å². The number of fused-ring (bicyclic) bond motifs is 3. The number of nitrogen functional groups attached to an aromatic ring is 1. The number of hydrogen-bond donors (Lipinski definition) is 1. The molecular formula is C31H31ClFN7O3. The third-order valence-electron chi connectivity index (χ3n) is 8.34. The number of amides is 1. The number of furan rings is 1. The second-order valence-corrected chi connectivity index (χ2v) is 11.3. The molecule has 0 bridgehead atoms. The van der Waals surface area contributed by atoms with Crippen LogP contribution in [0, 0.1) is 17.1 Å². The van der Waals surface area contributed by atoms with Gasteiger partial charge < -0.3 is 29.6 Å². The fourth-order valence-electron chi connectivity index (χ4n) is 6.11. The summed E-state index contributed by atoms with van der Waals surface area (Å²) in [5.41, 5.74) is 8.24. The van der Waals surface area contributed by atoms with E-state index < -0.39 is 5.82 Å². The lowest BCUT2D eigenvalue weighted by molar-refractivity contribution is -0.128. The molecule has 0 saturated carbocycles. The number of aromatic nitrogens is 2. The Morgan fingerprint density at radius 1 is 1.28 bits per heavy atom. The van der Waals surface area contributed by atoms with Crippen LogP contribution < -0.4 is 15.4 Å². The Balaban J connectivity index is 1.51. The number of nitrogens with two attached hydrogens (primary N) is 1. The van der Waals surface area contributed by atoms with Crippen LogP contribution in [0.1, 0.15) is 19.3 Å². The molecule has 2 saturated heterocycles. The SMILES string of the molecule is C=CC(=O)N1CCN(c2nc(OC[C@@H]3CCCN3C)nc3cc(-c4cc(N)cc(F)c4Cl)c4ccoc4c23)C[C@@H]1CC#N. The number of benzene rings is 2. The van der Waals surface area contributed by atoms with Crippen LogP contribution in [0.25, 0.3) is 33.0 Å². The first-order chi connectivity index (χ1) is 20.8. The molecular weight excluding hydrogens is 573 g/mol. The van der Waals surface area contributed by atoms with Crippen LogP contribution in [0.2, 0.25) is 5.02 Å². The minimum Gasteiger partial charge on any atom is -0.463 e. The van der Waals surface area contributed by atoms with Crippen LogP contribution in [0.4, 0.5) is 15.9 Å². The molecule has 4 heterocycles. The number of carbonyl (C=O) groups excluding carboxylic acids is 1. The van der Waals surface area contributed by atoms with Crippen LogP contribution in [0.15, 0.2) is 47.6 Å². The molecule has 4 aromatic rings. The standard InChI is InChI=1S/C31H31ClFN7O3/c1-3-26(41)40-11-10-39(16-19(40)6-8-34)30-27-25(36-31(37-30)43-17-20-5-4-9-38(20)2)15-22(21-7-12-42-29(21)27)23-13-18(35)14-24(33)28(23)32/h3,7,12-15,19-20H,1,4-6,9-11,16-17,35H2,2H3/t19-,20-/m0/s1. The summed E-state index contributed by atoms with van der Waals surface area (Å²) >= 11 is 6.44. The van der Waals surface area contributed by atoms with E-state index in [1.807, 2.05) is 11.0 Å². The van der Waals surface area contributed by atoms with Crippen molar-refractivity contribution in [2.24, 2.45) is 0 Å². The van der Waals surface area contributed by atoms with E-state index in [2.05, 4.69) is 24.6 Å². The van der Waals surface area contributed by atoms with Crippen LogP contribution in [-0.4, -0.2) is 77.6 Å². The minimum absolute atomic E-state index is 0.0616. The molecule has 0 radical (unpaired) electrons. The van der Waals surface area contributed by atoms with Crippen LogP contribution in [0.5, 0.6) is 6.01 Å². The van der Waals surface area contributed by atoms with Gasteiger partial charge in [-0.25, -0.2) is 4.39 Å². The second kappa shape index (κ2) is 11.7. The number of ether oxygens (including phenoxy) is 1. The summed E-state index contributed by atoms with van der Waals surface area (Å²) in [5, 5.41) is 10.8. The van der Waals surface area contributed by atoms with Crippen molar-refractivity contribution in [3.05, 3.63) is 54.0 Å². The molecule has 6 rings (SSSR count). The molecule has 2 aromatic heterocycles. The molecule has 0 spiro atoms. The van der Waals surface area contributed by atoms with Crippen LogP contribution in [0.3, 0.4) is 0 Å². The average Bonchev–Trinajstić information content (AvgIpc) is 3.66. The molecule has 2 fully saturated rings. The predicted molar refractivity (Wildman–Crippen MR) is 163 cm³/mol. The molecule has 2 aliphatic heterocycles. The maximum Gasteiger partial charge on any atom is 0.319 e. The molecule has 10 nitrogen and oxygen atoms in total. The van der Waals surface area contributed by atoms with Gasteiger partial charge in [0.25, 0.3) is 0 Å². The highest BCUT2D eigenvalue weighted by Gasteiger charge is 2.32. The first kappa shape index (κ1) is 28.7. The lowest BCUT2D eigenvalue weighted by Crippen LogP contribution is -2.55. The van der Waals surface area contributed by atoms with Crippen molar-refractivity contribution in [1.29, 1.82) is 5.26 Å². The molecule has 222 valence electrons. The number of likely N-dealkylation sites (tertiary alicyclic amines) is 1. The van der Waals surface area contributed by atoms with E-state index >= 15 is 0 Å². The zero-order chi connectivity index (χ0) is 30.2. The zero-order valence-electron chi connectivity index (χ0n) is 23.7. The van der Waals surface area contributed by atoms with Crippen molar-refractivity contribution in [2.45, 2.75) is 31.3 Å². The predicted octanol–water partition coefficient (Wildman–Crippen LogP) is 5.01. The highest BCUT2D eigenvalue weighted by atomic mass is 35.5. The third kappa shape index (κ3) is 5.32. The summed E-state index contributed by atoms with van der Waals surface area (Å²) in [6, 6.07) is 8.66. The number of halogens is 2. The zero-order valence-corrected chi connectivity index (χ0v) is 24.5. The minimum atomic E-state index is -0.628. The highest BCUT2D eigenvalue weighted by Crippen LogP contribution is 2.42. The smallest absolute Gasteiger partial charge is 0.319 e. The van der Waals surface area contributed by atoms with E-state index in [9.17, 15) is 14.4 Å². The summed E-state index contributed by atoms with van der Waals surface area (Å²) < 4.78 is 26.9. The lowest BCUT2D eigenvalue weighted by Gasteiger charge is -2.41. The van der Waals surface area contributed by atoms with Crippen molar-refractivity contribution in [1.82, 2.24) is 19.8 Å². The Labute approximate surface area is 253 Å². The largest absolute Gasteiger partial charge is 0.463 e. The number of nitrogens with zero attached hydrogens (tertiary/aromatic N) is 6. The van der Waals surface area contributed by atoms with Crippen molar-refractivity contribution in [3.63, 3.8) is 0 Å². The first-order valence-corrected chi connectivity index (χ1v) is 14.5. The molecule has 0 unspecified atom stereocenters. The topological polar surface area (TPSA) is 125 Å². The Hall–Kier alpha value is -4.40. The molecule has 2 aliphatic rings. The van der Waals surface area contributed by atoms with Gasteiger partial charge in [0.05, 0.1) is 40.7 Å². The number of hydrogen-bond acceptors (Lipinski definition) is 9. The molecule has 2 atom stereocenters. The Kier molecular flexibility index (Phi) is 7.81. The maximum atomic E-state index is 14.7. The van der Waals surface area contributed by atoms with Gasteiger partial charge in [0.15, 0.2) is 0 Å². The number of rotatable bonds is 7. The summed E-state index contributed by atoms with van der Waals surface area (Å²) in [6.45, 7) is 6.23. The quantitative estimate of drug-likeness (QED) is 0.229. The Morgan fingerprint density at radius 3 is 2.86 bits per heavy atom. The monoisotopic (exact) mass is 603 g/mol. The van der Waals surface area contributed by atoms with Gasteiger partial charge >= 0.3 is 6.01 Å². The third-order valence-corrected chi connectivity index (χ3v) is 8.73. The molecule has 2 N–H and O–H groups in total. The number of nitriles is 1. The number of carbonyl (C=O) groups is 1. The Morgan fingerprint density at radius 2 is 2.12 bits per heavy atom. The summed E-state index contributed by atoms with van der Waals surface area (Å²) in [4.78, 5) is 28.2. The molecule has 1 amide bonds. The van der Waals surface area contributed by atoms with E-state index in [-0.39, 0.29) is 41.1 Å². The fraction of sp³-hybridized carbons (Fsp3) is 0.355. The van der Waals surface area contributed by atoms with Crippen molar-refractivity contribution >= 4 is 50.9 Å². The lowest BCUT2D eigenvalue weighted by atomic mass is 9.98. The van der Waals surface area contributed by atoms with Crippen molar-refractivity contribution in [3.8, 4) is 23.2 Å². The normalized spacial score (nSPS) is 19.2. The van der Waals surface area contributed by atoms with Gasteiger partial charge in [-0.2, -0.15) is 15.2 Å². The van der Waals surface area contributed by atoms with Gasteiger partial charge in [0, 0.05) is 42.3 Å². The summed E-state index contributed by atoms with van der Waals surface area (Å²) in [7, 11) is 2.07. The fourth-order valence-corrected chi connectivity index (χ4v) is 6.33. The van der Waals surface area contributed by atoms with Gasteiger partial charge in [-0.05, 0) is 62.3 Å². The van der Waals surface area contributed by atoms with Crippen molar-refractivity contribution in [2.75, 3.05) is 50.5 Å². The van der Waals surface area contributed by atoms with Crippen LogP contribution in [-0.2, 0) is 4.79 Å². The maximum absolute atomic E-state index is 14.7. The van der Waals surface area contributed by atoms with E-state index in [1.54, 1.807) is 23.3 Å².